The van der Waals surface area contributed by atoms with Crippen molar-refractivity contribution in [1.82, 2.24) is 4.98 Å². The van der Waals surface area contributed by atoms with E-state index in [0.717, 1.165) is 50.7 Å². The molecule has 0 fully saturated rings. The van der Waals surface area contributed by atoms with E-state index >= 15 is 0 Å². The number of fused-ring (bicyclic) bond motifs is 7. The molecule has 0 unspecified atom stereocenters. The third-order valence-electron chi connectivity index (χ3n) is 6.86. The van der Waals surface area contributed by atoms with Crippen LogP contribution >= 0.6 is 27.3 Å². The molecule has 3 heterocycles. The van der Waals surface area contributed by atoms with Crippen molar-refractivity contribution in [3.8, 4) is 0 Å². The van der Waals surface area contributed by atoms with Crippen LogP contribution in [0.25, 0.3) is 22.4 Å². The first-order valence-electron chi connectivity index (χ1n) is 12.3. The van der Waals surface area contributed by atoms with Crippen LogP contribution in [0.2, 0.25) is 0 Å². The van der Waals surface area contributed by atoms with Gasteiger partial charge < -0.3 is 9.80 Å². The van der Waals surface area contributed by atoms with Crippen LogP contribution in [0.1, 0.15) is 27.3 Å². The lowest BCUT2D eigenvalue weighted by atomic mass is 10.0. The van der Waals surface area contributed by atoms with E-state index in [2.05, 4.69) is 98.5 Å². The lowest BCUT2D eigenvalue weighted by molar-refractivity contribution is 0.650. The minimum absolute atomic E-state index is 0.911. The molecule has 1 aromatic heterocycles. The molecule has 0 amide bonds. The largest absolute Gasteiger partial charge is 0.349 e. The zero-order valence-corrected chi connectivity index (χ0v) is 22.4. The minimum Gasteiger partial charge on any atom is -0.349 e. The molecule has 180 valence electrons. The number of nitrogens with zero attached hydrogens (tertiary/aromatic N) is 4. The summed E-state index contributed by atoms with van der Waals surface area (Å²) in [7, 11) is 0. The van der Waals surface area contributed by atoms with E-state index in [1.54, 1.807) is 11.3 Å². The van der Waals surface area contributed by atoms with Crippen LogP contribution < -0.4 is 9.80 Å². The summed E-state index contributed by atoms with van der Waals surface area (Å²) in [6.07, 6.45) is 6.15. The second kappa shape index (κ2) is 9.29. The predicted molar refractivity (Wildman–Crippen MR) is 160 cm³/mol. The van der Waals surface area contributed by atoms with Crippen molar-refractivity contribution < 1.29 is 0 Å². The van der Waals surface area contributed by atoms with Crippen LogP contribution in [-0.4, -0.2) is 17.9 Å². The summed E-state index contributed by atoms with van der Waals surface area (Å²) < 4.78 is 2.28. The first-order valence-corrected chi connectivity index (χ1v) is 13.9. The molecule has 7 rings (SSSR count). The molecule has 0 saturated carbocycles. The third-order valence-corrected chi connectivity index (χ3v) is 8.34. The number of thiazole rings is 1. The molecule has 6 heteroatoms. The Labute approximate surface area is 228 Å². The molecular weight excluding hydrogens is 540 g/mol. The first-order chi connectivity index (χ1) is 18.2. The van der Waals surface area contributed by atoms with E-state index in [9.17, 15) is 0 Å². The van der Waals surface area contributed by atoms with E-state index in [-0.39, 0.29) is 0 Å². The number of hydrogen-bond donors (Lipinski definition) is 0. The van der Waals surface area contributed by atoms with Crippen LogP contribution in [0.3, 0.4) is 0 Å². The Morgan fingerprint density at radius 2 is 1.57 bits per heavy atom. The Balaban J connectivity index is 1.11. The summed E-state index contributed by atoms with van der Waals surface area (Å²) in [5.74, 6) is 0. The van der Waals surface area contributed by atoms with E-state index < -0.39 is 0 Å². The van der Waals surface area contributed by atoms with Gasteiger partial charge in [-0.25, -0.2) is 4.98 Å². The maximum atomic E-state index is 4.80. The van der Waals surface area contributed by atoms with Crippen molar-refractivity contribution >= 4 is 72.9 Å². The Hall–Kier alpha value is -3.74. The smallest absolute Gasteiger partial charge is 0.117 e. The monoisotopic (exact) mass is 562 g/mol. The minimum atomic E-state index is 0.911. The fourth-order valence-electron chi connectivity index (χ4n) is 5.11. The highest BCUT2D eigenvalue weighted by Gasteiger charge is 2.29. The average molecular weight is 564 g/mol. The molecule has 0 spiro atoms. The Kier molecular flexibility index (Phi) is 5.64. The number of aliphatic imine (C=N–C) groups is 1. The Morgan fingerprint density at radius 3 is 2.41 bits per heavy atom. The highest BCUT2D eigenvalue weighted by Crippen LogP contribution is 2.39. The predicted octanol–water partition coefficient (Wildman–Crippen LogP) is 8.28. The quantitative estimate of drug-likeness (QED) is 0.206. The highest BCUT2D eigenvalue weighted by molar-refractivity contribution is 9.10. The molecule has 2 bridgehead atoms. The Bertz CT molecular complexity index is 1690. The zero-order chi connectivity index (χ0) is 24.8. The summed E-state index contributed by atoms with van der Waals surface area (Å²) in [6, 6.07) is 29.8. The van der Waals surface area contributed by atoms with Gasteiger partial charge in [-0.05, 0) is 76.9 Å². The molecule has 2 aliphatic rings. The second-order valence-corrected chi connectivity index (χ2v) is 11.4. The molecule has 0 saturated heterocycles. The van der Waals surface area contributed by atoms with Gasteiger partial charge in [0.2, 0.25) is 0 Å². The van der Waals surface area contributed by atoms with E-state index in [0.29, 0.717) is 0 Å². The van der Waals surface area contributed by atoms with Gasteiger partial charge in [0, 0.05) is 35.2 Å². The van der Waals surface area contributed by atoms with Gasteiger partial charge in [0.25, 0.3) is 0 Å². The van der Waals surface area contributed by atoms with Gasteiger partial charge in [-0.3, -0.25) is 4.99 Å². The molecular formula is C31H23BrN4S. The van der Waals surface area contributed by atoms with Gasteiger partial charge in [-0.1, -0.05) is 58.4 Å². The SMILES string of the molecule is Brc1ccc2c(c1)CN1CN2Cc2cc(C=Nc3ccc4nc(/C=C/c5ccccc5)sc4c3)ccc21. The zero-order valence-electron chi connectivity index (χ0n) is 20.0. The number of benzene rings is 4. The van der Waals surface area contributed by atoms with Crippen LogP contribution in [0.4, 0.5) is 17.1 Å². The number of halogens is 1. The fourth-order valence-corrected chi connectivity index (χ4v) is 6.43. The number of anilines is 2. The van der Waals surface area contributed by atoms with Gasteiger partial charge in [0.1, 0.15) is 5.01 Å². The lowest BCUT2D eigenvalue weighted by Crippen LogP contribution is -2.46. The summed E-state index contributed by atoms with van der Waals surface area (Å²) in [5, 5.41) is 0.999. The van der Waals surface area contributed by atoms with Crippen molar-refractivity contribution in [1.29, 1.82) is 0 Å². The molecule has 0 radical (unpaired) electrons. The summed E-state index contributed by atoms with van der Waals surface area (Å²) in [4.78, 5) is 14.5. The second-order valence-electron chi connectivity index (χ2n) is 9.40. The van der Waals surface area contributed by atoms with E-state index in [4.69, 9.17) is 9.98 Å². The Morgan fingerprint density at radius 1 is 0.784 bits per heavy atom. The standard InChI is InChI=1S/C31H23BrN4S/c32-25-8-12-29-24(15-25)19-36-20-35(29)18-23-14-22(6-11-28(23)36)17-33-26-9-10-27-30(16-26)37-31(34-27)13-7-21-4-2-1-3-5-21/h1-17H,18-20H2/b13-7+,33-17?. The average Bonchev–Trinajstić information content (AvgIpc) is 3.33. The lowest BCUT2D eigenvalue weighted by Gasteiger charge is -2.44. The maximum Gasteiger partial charge on any atom is 0.117 e. The summed E-state index contributed by atoms with van der Waals surface area (Å²) in [5.41, 5.74) is 9.61. The summed E-state index contributed by atoms with van der Waals surface area (Å²) >= 11 is 5.31. The molecule has 4 aromatic carbocycles. The molecule has 2 aliphatic heterocycles. The first kappa shape index (κ1) is 22.5. The number of hydrogen-bond acceptors (Lipinski definition) is 5. The maximum absolute atomic E-state index is 4.80. The fraction of sp³-hybridized carbons (Fsp3) is 0.0968. The van der Waals surface area contributed by atoms with Crippen LogP contribution in [0.5, 0.6) is 0 Å². The van der Waals surface area contributed by atoms with Crippen molar-refractivity contribution in [2.75, 3.05) is 16.5 Å². The molecule has 0 N–H and O–H groups in total. The van der Waals surface area contributed by atoms with Gasteiger partial charge in [0.05, 0.1) is 22.6 Å². The van der Waals surface area contributed by atoms with Crippen molar-refractivity contribution in [2.24, 2.45) is 4.99 Å². The van der Waals surface area contributed by atoms with Gasteiger partial charge in [0.15, 0.2) is 0 Å². The normalized spacial score (nSPS) is 14.5. The van der Waals surface area contributed by atoms with Crippen LogP contribution in [0.15, 0.2) is 94.4 Å². The van der Waals surface area contributed by atoms with Gasteiger partial charge in [-0.15, -0.1) is 11.3 Å². The van der Waals surface area contributed by atoms with Crippen LogP contribution in [-0.2, 0) is 13.1 Å². The van der Waals surface area contributed by atoms with Gasteiger partial charge in [-0.2, -0.15) is 0 Å². The highest BCUT2D eigenvalue weighted by atomic mass is 79.9. The van der Waals surface area contributed by atoms with Crippen molar-refractivity contribution in [3.05, 3.63) is 117 Å². The molecule has 37 heavy (non-hydrogen) atoms. The molecule has 0 aliphatic carbocycles. The van der Waals surface area contributed by atoms with E-state index in [1.165, 1.54) is 28.1 Å². The number of rotatable bonds is 4. The van der Waals surface area contributed by atoms with Crippen molar-refractivity contribution in [2.45, 2.75) is 13.1 Å². The molecule has 4 nitrogen and oxygen atoms in total. The third kappa shape index (κ3) is 4.47. The number of aromatic nitrogens is 1. The van der Waals surface area contributed by atoms with Crippen molar-refractivity contribution in [3.63, 3.8) is 0 Å². The topological polar surface area (TPSA) is 31.7 Å². The molecule has 0 atom stereocenters. The van der Waals surface area contributed by atoms with E-state index in [1.807, 2.05) is 30.5 Å². The molecule has 5 aromatic rings. The summed E-state index contributed by atoms with van der Waals surface area (Å²) in [6.45, 7) is 2.78. The van der Waals surface area contributed by atoms with Crippen LogP contribution in [0, 0.1) is 0 Å². The van der Waals surface area contributed by atoms with Gasteiger partial charge >= 0.3 is 0 Å².